The smallest absolute Gasteiger partial charge is 0.410 e. The van der Waals surface area contributed by atoms with Gasteiger partial charge in [-0.2, -0.15) is 0 Å². The molecule has 1 aromatic carbocycles. The summed E-state index contributed by atoms with van der Waals surface area (Å²) < 4.78 is 32.6. The number of benzene rings is 1. The minimum Gasteiger partial charge on any atom is -0.444 e. The van der Waals surface area contributed by atoms with Gasteiger partial charge in [0.1, 0.15) is 17.2 Å². The van der Waals surface area contributed by atoms with E-state index >= 15 is 0 Å². The summed E-state index contributed by atoms with van der Waals surface area (Å²) in [6, 6.07) is 3.69. The van der Waals surface area contributed by atoms with E-state index in [-0.39, 0.29) is 30.4 Å². The van der Waals surface area contributed by atoms with Crippen LogP contribution in [0.25, 0.3) is 0 Å². The number of carbonyl (C=O) groups is 2. The first-order valence-corrected chi connectivity index (χ1v) is 9.83. The maximum absolute atomic E-state index is 13.6. The molecule has 1 N–H and O–H groups in total. The highest BCUT2D eigenvalue weighted by molar-refractivity contribution is 5.76. The zero-order valence-corrected chi connectivity index (χ0v) is 16.9. The number of halogens is 2. The average Bonchev–Trinajstić information content (AvgIpc) is 2.60. The average molecular weight is 396 g/mol. The summed E-state index contributed by atoms with van der Waals surface area (Å²) >= 11 is 0. The largest absolute Gasteiger partial charge is 0.444 e. The summed E-state index contributed by atoms with van der Waals surface area (Å²) in [6.45, 7) is 7.31. The maximum Gasteiger partial charge on any atom is 0.410 e. The minimum absolute atomic E-state index is 0.0280. The number of piperidine rings is 1. The normalized spacial score (nSPS) is 17.3. The van der Waals surface area contributed by atoms with Crippen LogP contribution in [0.5, 0.6) is 0 Å². The van der Waals surface area contributed by atoms with Gasteiger partial charge in [0, 0.05) is 31.6 Å². The molecule has 1 saturated heterocycles. The third-order valence-corrected chi connectivity index (χ3v) is 4.71. The molecule has 1 aliphatic rings. The SMILES string of the molecule is CC(C)(C)OC(=O)N1CCCC(CCNC(=O)CCc2c(F)cccc2F)C1. The van der Waals surface area contributed by atoms with Crippen LogP contribution < -0.4 is 5.32 Å². The van der Waals surface area contributed by atoms with Gasteiger partial charge in [-0.15, -0.1) is 0 Å². The Balaban J connectivity index is 1.71. The summed E-state index contributed by atoms with van der Waals surface area (Å²) in [5, 5.41) is 2.80. The molecular formula is C21H30F2N2O3. The van der Waals surface area contributed by atoms with Crippen LogP contribution in [0, 0.1) is 17.6 Å². The molecule has 7 heteroatoms. The Morgan fingerprint density at radius 3 is 2.57 bits per heavy atom. The van der Waals surface area contributed by atoms with Gasteiger partial charge in [-0.1, -0.05) is 6.07 Å². The summed E-state index contributed by atoms with van der Waals surface area (Å²) in [7, 11) is 0. The Kier molecular flexibility index (Phi) is 7.78. The van der Waals surface area contributed by atoms with Gasteiger partial charge in [-0.3, -0.25) is 4.79 Å². The van der Waals surface area contributed by atoms with Crippen LogP contribution in [0.3, 0.4) is 0 Å². The van der Waals surface area contributed by atoms with Crippen molar-refractivity contribution in [2.75, 3.05) is 19.6 Å². The lowest BCUT2D eigenvalue weighted by Gasteiger charge is -2.34. The van der Waals surface area contributed by atoms with E-state index in [9.17, 15) is 18.4 Å². The van der Waals surface area contributed by atoms with E-state index in [0.717, 1.165) is 19.3 Å². The van der Waals surface area contributed by atoms with Crippen molar-refractivity contribution in [3.05, 3.63) is 35.4 Å². The second-order valence-corrected chi connectivity index (χ2v) is 8.27. The molecule has 1 heterocycles. The van der Waals surface area contributed by atoms with Crippen molar-refractivity contribution in [1.82, 2.24) is 10.2 Å². The maximum atomic E-state index is 13.6. The zero-order chi connectivity index (χ0) is 20.7. The van der Waals surface area contributed by atoms with E-state index in [1.807, 2.05) is 20.8 Å². The van der Waals surface area contributed by atoms with Crippen molar-refractivity contribution in [1.29, 1.82) is 0 Å². The summed E-state index contributed by atoms with van der Waals surface area (Å²) in [4.78, 5) is 25.9. The van der Waals surface area contributed by atoms with Crippen molar-refractivity contribution in [2.24, 2.45) is 5.92 Å². The molecule has 1 aromatic rings. The van der Waals surface area contributed by atoms with Gasteiger partial charge in [-0.25, -0.2) is 13.6 Å². The Morgan fingerprint density at radius 2 is 1.93 bits per heavy atom. The quantitative estimate of drug-likeness (QED) is 0.789. The van der Waals surface area contributed by atoms with Gasteiger partial charge in [0.15, 0.2) is 0 Å². The van der Waals surface area contributed by atoms with Gasteiger partial charge in [-0.05, 0) is 64.5 Å². The molecule has 156 valence electrons. The zero-order valence-electron chi connectivity index (χ0n) is 16.9. The fraction of sp³-hybridized carbons (Fsp3) is 0.619. The van der Waals surface area contributed by atoms with Crippen LogP contribution in [-0.2, 0) is 16.0 Å². The topological polar surface area (TPSA) is 58.6 Å². The van der Waals surface area contributed by atoms with Crippen LogP contribution in [-0.4, -0.2) is 42.1 Å². The molecule has 1 unspecified atom stereocenters. The lowest BCUT2D eigenvalue weighted by atomic mass is 9.95. The summed E-state index contributed by atoms with van der Waals surface area (Å²) in [5.74, 6) is -1.19. The molecule has 0 spiro atoms. The van der Waals surface area contributed by atoms with Crippen molar-refractivity contribution in [3.63, 3.8) is 0 Å². The lowest BCUT2D eigenvalue weighted by molar-refractivity contribution is -0.121. The number of amides is 2. The van der Waals surface area contributed by atoms with E-state index in [2.05, 4.69) is 5.32 Å². The Labute approximate surface area is 165 Å². The second-order valence-electron chi connectivity index (χ2n) is 8.27. The van der Waals surface area contributed by atoms with Crippen LogP contribution in [0.15, 0.2) is 18.2 Å². The Hall–Kier alpha value is -2.18. The van der Waals surface area contributed by atoms with Crippen molar-refractivity contribution >= 4 is 12.0 Å². The summed E-state index contributed by atoms with van der Waals surface area (Å²) in [5.41, 5.74) is -0.576. The molecule has 28 heavy (non-hydrogen) atoms. The van der Waals surface area contributed by atoms with Gasteiger partial charge < -0.3 is 15.0 Å². The number of hydrogen-bond donors (Lipinski definition) is 1. The molecule has 1 aliphatic heterocycles. The van der Waals surface area contributed by atoms with Crippen LogP contribution in [0.2, 0.25) is 0 Å². The number of hydrogen-bond acceptors (Lipinski definition) is 3. The minimum atomic E-state index is -0.628. The fourth-order valence-corrected chi connectivity index (χ4v) is 3.31. The monoisotopic (exact) mass is 396 g/mol. The first-order chi connectivity index (χ1) is 13.2. The van der Waals surface area contributed by atoms with Gasteiger partial charge in [0.25, 0.3) is 0 Å². The first kappa shape index (κ1) is 22.1. The molecule has 1 atom stereocenters. The number of ether oxygens (including phenoxy) is 1. The van der Waals surface area contributed by atoms with Crippen molar-refractivity contribution in [3.8, 4) is 0 Å². The molecule has 1 fully saturated rings. The molecule has 0 radical (unpaired) electrons. The number of nitrogens with one attached hydrogen (secondary N) is 1. The van der Waals surface area contributed by atoms with E-state index in [4.69, 9.17) is 4.74 Å². The molecule has 5 nitrogen and oxygen atoms in total. The van der Waals surface area contributed by atoms with Crippen molar-refractivity contribution in [2.45, 2.75) is 58.5 Å². The fourth-order valence-electron chi connectivity index (χ4n) is 3.31. The van der Waals surface area contributed by atoms with Crippen LogP contribution >= 0.6 is 0 Å². The van der Waals surface area contributed by atoms with Gasteiger partial charge >= 0.3 is 6.09 Å². The van der Waals surface area contributed by atoms with Gasteiger partial charge in [0.2, 0.25) is 5.91 Å². The number of carbonyl (C=O) groups excluding carboxylic acids is 2. The molecule has 0 bridgehead atoms. The molecule has 0 aromatic heterocycles. The molecular weight excluding hydrogens is 366 g/mol. The lowest BCUT2D eigenvalue weighted by Crippen LogP contribution is -2.43. The highest BCUT2D eigenvalue weighted by Crippen LogP contribution is 2.21. The van der Waals surface area contributed by atoms with E-state index in [1.165, 1.54) is 18.2 Å². The predicted molar refractivity (Wildman–Crippen MR) is 103 cm³/mol. The predicted octanol–water partition coefficient (Wildman–Crippen LogP) is 4.05. The molecule has 0 saturated carbocycles. The second kappa shape index (κ2) is 9.85. The molecule has 0 aliphatic carbocycles. The van der Waals surface area contributed by atoms with Crippen LogP contribution in [0.1, 0.15) is 52.0 Å². The standard InChI is InChI=1S/C21H30F2N2O3/c1-21(2,3)28-20(27)25-13-5-6-15(14-25)11-12-24-19(26)10-9-16-17(22)7-4-8-18(16)23/h4,7-8,15H,5-6,9-14H2,1-3H3,(H,24,26). The van der Waals surface area contributed by atoms with E-state index in [0.29, 0.717) is 25.6 Å². The number of likely N-dealkylation sites (tertiary alicyclic amines) is 1. The summed E-state index contributed by atoms with van der Waals surface area (Å²) in [6.07, 6.45) is 2.42. The van der Waals surface area contributed by atoms with E-state index in [1.54, 1.807) is 4.90 Å². The third-order valence-electron chi connectivity index (χ3n) is 4.71. The van der Waals surface area contributed by atoms with Crippen LogP contribution in [0.4, 0.5) is 13.6 Å². The number of rotatable bonds is 6. The van der Waals surface area contributed by atoms with Gasteiger partial charge in [0.05, 0.1) is 0 Å². The first-order valence-electron chi connectivity index (χ1n) is 9.83. The Morgan fingerprint density at radius 1 is 1.25 bits per heavy atom. The van der Waals surface area contributed by atoms with E-state index < -0.39 is 17.2 Å². The Bertz CT molecular complexity index is 668. The highest BCUT2D eigenvalue weighted by Gasteiger charge is 2.27. The number of nitrogens with zero attached hydrogens (tertiary/aromatic N) is 1. The van der Waals surface area contributed by atoms with Crippen molar-refractivity contribution < 1.29 is 23.1 Å². The highest BCUT2D eigenvalue weighted by atomic mass is 19.1. The third kappa shape index (κ3) is 7.09. The molecule has 2 amide bonds. The molecule has 2 rings (SSSR count).